The van der Waals surface area contributed by atoms with E-state index in [9.17, 15) is 14.4 Å². The van der Waals surface area contributed by atoms with E-state index < -0.39 is 17.9 Å². The molecule has 0 saturated carbocycles. The highest BCUT2D eigenvalue weighted by Crippen LogP contribution is 2.27. The molecule has 1 aromatic heterocycles. The van der Waals surface area contributed by atoms with Crippen molar-refractivity contribution in [3.63, 3.8) is 0 Å². The maximum atomic E-state index is 13.0. The average molecular weight is 352 g/mol. The third kappa shape index (κ3) is 2.27. The summed E-state index contributed by atoms with van der Waals surface area (Å²) in [6.45, 7) is 4.59. The van der Waals surface area contributed by atoms with E-state index in [0.717, 1.165) is 22.7 Å². The first-order valence-corrected chi connectivity index (χ1v) is 8.67. The zero-order chi connectivity index (χ0) is 18.6. The minimum Gasteiger partial charge on any atom is -0.335 e. The molecule has 1 aromatic carbocycles. The summed E-state index contributed by atoms with van der Waals surface area (Å²) >= 11 is 0. The fraction of sp³-hybridized carbons (Fsp3) is 0.368. The standard InChI is InChI=1S/C19H20N4O3/c1-11-13-8-9-22(10-16(13)21(3)20-11)17(24)12(2)23-18(25)14-6-4-5-7-15(14)19(23)26/h4-7,12H,8-10H2,1-3H3. The number of hydrogen-bond acceptors (Lipinski definition) is 4. The Kier molecular flexibility index (Phi) is 3.68. The van der Waals surface area contributed by atoms with Crippen molar-refractivity contribution in [3.05, 3.63) is 52.3 Å². The third-order valence-corrected chi connectivity index (χ3v) is 5.33. The van der Waals surface area contributed by atoms with E-state index in [2.05, 4.69) is 5.10 Å². The van der Waals surface area contributed by atoms with Crippen LogP contribution in [0.15, 0.2) is 24.3 Å². The van der Waals surface area contributed by atoms with E-state index in [-0.39, 0.29) is 5.91 Å². The lowest BCUT2D eigenvalue weighted by atomic mass is 10.0. The van der Waals surface area contributed by atoms with Crippen LogP contribution in [-0.4, -0.2) is 49.9 Å². The second-order valence-electron chi connectivity index (χ2n) is 6.85. The molecule has 2 aliphatic rings. The first-order chi connectivity index (χ1) is 12.4. The smallest absolute Gasteiger partial charge is 0.262 e. The molecule has 2 aliphatic heterocycles. The molecule has 4 rings (SSSR count). The molecule has 1 atom stereocenters. The molecule has 1 unspecified atom stereocenters. The molecular formula is C19H20N4O3. The van der Waals surface area contributed by atoms with Crippen molar-refractivity contribution in [2.45, 2.75) is 32.9 Å². The minimum absolute atomic E-state index is 0.219. The Balaban J connectivity index is 1.57. The van der Waals surface area contributed by atoms with Crippen molar-refractivity contribution < 1.29 is 14.4 Å². The normalized spacial score (nSPS) is 17.3. The highest BCUT2D eigenvalue weighted by molar-refractivity contribution is 6.22. The van der Waals surface area contributed by atoms with Gasteiger partial charge >= 0.3 is 0 Å². The molecule has 0 spiro atoms. The number of imide groups is 1. The Labute approximate surface area is 151 Å². The molecule has 2 aromatic rings. The molecule has 7 heteroatoms. The molecule has 3 amide bonds. The van der Waals surface area contributed by atoms with Crippen LogP contribution in [0, 0.1) is 6.92 Å². The van der Waals surface area contributed by atoms with Gasteiger partial charge in [0.2, 0.25) is 5.91 Å². The summed E-state index contributed by atoms with van der Waals surface area (Å²) in [5, 5.41) is 4.42. The van der Waals surface area contributed by atoms with Crippen molar-refractivity contribution in [3.8, 4) is 0 Å². The number of hydrogen-bond donors (Lipinski definition) is 0. The summed E-state index contributed by atoms with van der Waals surface area (Å²) < 4.78 is 1.80. The Morgan fingerprint density at radius 3 is 2.38 bits per heavy atom. The van der Waals surface area contributed by atoms with Crippen LogP contribution in [-0.2, 0) is 24.8 Å². The number of carbonyl (C=O) groups is 3. The number of aryl methyl sites for hydroxylation is 2. The number of benzene rings is 1. The molecule has 134 valence electrons. The van der Waals surface area contributed by atoms with Gasteiger partial charge in [-0.15, -0.1) is 0 Å². The van der Waals surface area contributed by atoms with E-state index in [1.807, 2.05) is 14.0 Å². The molecule has 3 heterocycles. The van der Waals surface area contributed by atoms with Crippen molar-refractivity contribution >= 4 is 17.7 Å². The first-order valence-electron chi connectivity index (χ1n) is 8.67. The maximum absolute atomic E-state index is 13.0. The summed E-state index contributed by atoms with van der Waals surface area (Å²) in [5.74, 6) is -1.02. The summed E-state index contributed by atoms with van der Waals surface area (Å²) in [4.78, 5) is 41.0. The van der Waals surface area contributed by atoms with Gasteiger partial charge < -0.3 is 4.90 Å². The number of carbonyl (C=O) groups excluding carboxylic acids is 3. The average Bonchev–Trinajstić information content (AvgIpc) is 3.07. The Morgan fingerprint density at radius 2 is 1.77 bits per heavy atom. The van der Waals surface area contributed by atoms with Gasteiger partial charge in [0.1, 0.15) is 6.04 Å². The Bertz CT molecular complexity index is 911. The topological polar surface area (TPSA) is 75.5 Å². The first kappa shape index (κ1) is 16.5. The molecule has 0 saturated heterocycles. The molecule has 0 aliphatic carbocycles. The second-order valence-corrected chi connectivity index (χ2v) is 6.85. The van der Waals surface area contributed by atoms with Crippen molar-refractivity contribution in [2.75, 3.05) is 6.54 Å². The Hall–Kier alpha value is -2.96. The summed E-state index contributed by atoms with van der Waals surface area (Å²) in [7, 11) is 1.87. The zero-order valence-corrected chi connectivity index (χ0v) is 15.0. The van der Waals surface area contributed by atoms with Crippen LogP contribution in [0.25, 0.3) is 0 Å². The predicted octanol–water partition coefficient (Wildman–Crippen LogP) is 1.30. The van der Waals surface area contributed by atoms with Crippen LogP contribution >= 0.6 is 0 Å². The van der Waals surface area contributed by atoms with E-state index in [1.54, 1.807) is 40.8 Å². The zero-order valence-electron chi connectivity index (χ0n) is 15.0. The highest BCUT2D eigenvalue weighted by Gasteiger charge is 2.42. The summed E-state index contributed by atoms with van der Waals surface area (Å²) in [6.07, 6.45) is 0.732. The fourth-order valence-electron chi connectivity index (χ4n) is 3.90. The van der Waals surface area contributed by atoms with Gasteiger partial charge in [-0.1, -0.05) is 12.1 Å². The van der Waals surface area contributed by atoms with Gasteiger partial charge in [-0.2, -0.15) is 5.10 Å². The lowest BCUT2D eigenvalue weighted by Gasteiger charge is -2.32. The van der Waals surface area contributed by atoms with Gasteiger partial charge in [-0.05, 0) is 38.0 Å². The number of rotatable bonds is 2. The van der Waals surface area contributed by atoms with Crippen molar-refractivity contribution in [1.29, 1.82) is 0 Å². The molecule has 0 fully saturated rings. The monoisotopic (exact) mass is 352 g/mol. The van der Waals surface area contributed by atoms with Crippen LogP contribution in [0.2, 0.25) is 0 Å². The van der Waals surface area contributed by atoms with E-state index in [1.165, 1.54) is 5.56 Å². The van der Waals surface area contributed by atoms with E-state index >= 15 is 0 Å². The molecule has 0 bridgehead atoms. The van der Waals surface area contributed by atoms with Crippen LogP contribution in [0.3, 0.4) is 0 Å². The number of fused-ring (bicyclic) bond motifs is 2. The van der Waals surface area contributed by atoms with Gasteiger partial charge in [0, 0.05) is 13.6 Å². The third-order valence-electron chi connectivity index (χ3n) is 5.33. The second kappa shape index (κ2) is 5.79. The molecule has 0 N–H and O–H groups in total. The quantitative estimate of drug-likeness (QED) is 0.764. The van der Waals surface area contributed by atoms with Gasteiger partial charge in [-0.25, -0.2) is 0 Å². The maximum Gasteiger partial charge on any atom is 0.262 e. The van der Waals surface area contributed by atoms with Crippen LogP contribution < -0.4 is 0 Å². The molecule has 7 nitrogen and oxygen atoms in total. The summed E-state index contributed by atoms with van der Waals surface area (Å²) in [5.41, 5.74) is 3.91. The van der Waals surface area contributed by atoms with Gasteiger partial charge in [0.15, 0.2) is 0 Å². The van der Waals surface area contributed by atoms with E-state index in [0.29, 0.717) is 24.2 Å². The number of aromatic nitrogens is 2. The number of nitrogens with zero attached hydrogens (tertiary/aromatic N) is 4. The fourth-order valence-corrected chi connectivity index (χ4v) is 3.90. The largest absolute Gasteiger partial charge is 0.335 e. The number of amides is 3. The lowest BCUT2D eigenvalue weighted by Crippen LogP contribution is -2.50. The van der Waals surface area contributed by atoms with Crippen LogP contribution in [0.5, 0.6) is 0 Å². The van der Waals surface area contributed by atoms with Crippen LogP contribution in [0.4, 0.5) is 0 Å². The van der Waals surface area contributed by atoms with Gasteiger partial charge in [0.05, 0.1) is 29.1 Å². The molecule has 26 heavy (non-hydrogen) atoms. The molecular weight excluding hydrogens is 332 g/mol. The van der Waals surface area contributed by atoms with Gasteiger partial charge in [-0.3, -0.25) is 24.0 Å². The highest BCUT2D eigenvalue weighted by atomic mass is 16.2. The van der Waals surface area contributed by atoms with Crippen molar-refractivity contribution in [2.24, 2.45) is 7.05 Å². The Morgan fingerprint density at radius 1 is 1.15 bits per heavy atom. The predicted molar refractivity (Wildman–Crippen MR) is 93.5 cm³/mol. The van der Waals surface area contributed by atoms with Gasteiger partial charge in [0.25, 0.3) is 11.8 Å². The SMILES string of the molecule is Cc1nn(C)c2c1CCN(C(=O)C(C)N1C(=O)c3ccccc3C1=O)C2. The van der Waals surface area contributed by atoms with Crippen molar-refractivity contribution in [1.82, 2.24) is 19.6 Å². The van der Waals surface area contributed by atoms with Crippen LogP contribution in [0.1, 0.15) is 44.6 Å². The minimum atomic E-state index is -0.835. The lowest BCUT2D eigenvalue weighted by molar-refractivity contribution is -0.135. The summed E-state index contributed by atoms with van der Waals surface area (Å²) in [6, 6.07) is 5.85. The molecule has 0 radical (unpaired) electrons. The van der Waals surface area contributed by atoms with E-state index in [4.69, 9.17) is 0 Å².